The van der Waals surface area contributed by atoms with Gasteiger partial charge in [0.25, 0.3) is 0 Å². The molecule has 1 saturated heterocycles. The third kappa shape index (κ3) is 7.97. The van der Waals surface area contributed by atoms with Gasteiger partial charge in [-0.05, 0) is 72.4 Å². The van der Waals surface area contributed by atoms with Crippen LogP contribution in [0.15, 0.2) is 36.5 Å². The molecule has 2 aromatic rings. The minimum absolute atomic E-state index is 0.316. The predicted molar refractivity (Wildman–Crippen MR) is 134 cm³/mol. The van der Waals surface area contributed by atoms with E-state index in [0.717, 1.165) is 55.2 Å². The van der Waals surface area contributed by atoms with Crippen LogP contribution in [0, 0.1) is 17.3 Å². The van der Waals surface area contributed by atoms with Gasteiger partial charge in [-0.3, -0.25) is 0 Å². The highest BCUT2D eigenvalue weighted by Crippen LogP contribution is 2.33. The van der Waals surface area contributed by atoms with Crippen molar-refractivity contribution >= 4 is 17.4 Å². The molecule has 0 unspecified atom stereocenters. The van der Waals surface area contributed by atoms with E-state index in [1.807, 2.05) is 24.4 Å². The number of nitrogens with one attached hydrogen (secondary N) is 1. The van der Waals surface area contributed by atoms with Crippen molar-refractivity contribution in [3.05, 3.63) is 47.5 Å². The number of hydrogen-bond acceptors (Lipinski definition) is 4. The van der Waals surface area contributed by atoms with E-state index < -0.39 is 0 Å². The zero-order chi connectivity index (χ0) is 23.1. The quantitative estimate of drug-likeness (QED) is 0.425. The van der Waals surface area contributed by atoms with Crippen LogP contribution < -0.4 is 10.1 Å². The first-order valence-electron chi connectivity index (χ1n) is 11.7. The predicted octanol–water partition coefficient (Wildman–Crippen LogP) is 7.43. The number of anilines is 1. The van der Waals surface area contributed by atoms with Crippen molar-refractivity contribution in [1.82, 2.24) is 4.98 Å². The van der Waals surface area contributed by atoms with Crippen LogP contribution in [-0.4, -0.2) is 30.8 Å². The lowest BCUT2D eigenvalue weighted by Crippen LogP contribution is -2.30. The van der Waals surface area contributed by atoms with Crippen LogP contribution in [-0.2, 0) is 4.74 Å². The highest BCUT2D eigenvalue weighted by Gasteiger charge is 2.18. The van der Waals surface area contributed by atoms with Gasteiger partial charge in [0.2, 0.25) is 0 Å². The van der Waals surface area contributed by atoms with Gasteiger partial charge in [-0.25, -0.2) is 4.98 Å². The molecule has 175 valence electrons. The Bertz CT molecular complexity index is 859. The van der Waals surface area contributed by atoms with E-state index in [1.54, 1.807) is 0 Å². The summed E-state index contributed by atoms with van der Waals surface area (Å²) < 4.78 is 11.6. The van der Waals surface area contributed by atoms with Crippen molar-refractivity contribution < 1.29 is 9.47 Å². The SMILES string of the molecule is C[C](COc1ccc(-c2ccnc(N[C@H]3CCCOC3)c2)cc1Cl)C[C@H](C)CC(C)(C)C. The molecule has 1 fully saturated rings. The van der Waals surface area contributed by atoms with Gasteiger partial charge in [0.05, 0.1) is 24.3 Å². The largest absolute Gasteiger partial charge is 0.491 e. The third-order valence-electron chi connectivity index (χ3n) is 5.67. The summed E-state index contributed by atoms with van der Waals surface area (Å²) in [7, 11) is 0. The number of hydrogen-bond donors (Lipinski definition) is 1. The van der Waals surface area contributed by atoms with E-state index >= 15 is 0 Å². The van der Waals surface area contributed by atoms with Crippen molar-refractivity contribution in [2.45, 2.75) is 66.3 Å². The molecule has 1 aromatic carbocycles. The number of nitrogens with zero attached hydrogens (tertiary/aromatic N) is 1. The highest BCUT2D eigenvalue weighted by atomic mass is 35.5. The Morgan fingerprint density at radius 3 is 2.72 bits per heavy atom. The molecule has 1 aromatic heterocycles. The number of halogens is 1. The molecule has 0 amide bonds. The minimum Gasteiger partial charge on any atom is -0.491 e. The molecule has 2 heterocycles. The lowest BCUT2D eigenvalue weighted by Gasteiger charge is -2.25. The highest BCUT2D eigenvalue weighted by molar-refractivity contribution is 6.32. The number of pyridine rings is 1. The van der Waals surface area contributed by atoms with E-state index in [4.69, 9.17) is 21.1 Å². The van der Waals surface area contributed by atoms with E-state index in [-0.39, 0.29) is 0 Å². The number of ether oxygens (including phenoxy) is 2. The molecule has 0 saturated carbocycles. The summed E-state index contributed by atoms with van der Waals surface area (Å²) in [6.07, 6.45) is 6.30. The lowest BCUT2D eigenvalue weighted by atomic mass is 9.82. The number of benzene rings is 1. The average molecular weight is 458 g/mol. The topological polar surface area (TPSA) is 43.4 Å². The van der Waals surface area contributed by atoms with Crippen LogP contribution >= 0.6 is 11.6 Å². The Labute approximate surface area is 199 Å². The minimum atomic E-state index is 0.316. The maximum Gasteiger partial charge on any atom is 0.137 e. The summed E-state index contributed by atoms with van der Waals surface area (Å²) in [5, 5.41) is 4.11. The van der Waals surface area contributed by atoms with Crippen LogP contribution in [0.3, 0.4) is 0 Å². The standard InChI is InChI=1S/C27H38ClN2O2/c1-19(16-27(3,4)5)13-20(2)17-32-25-9-8-21(14-24(25)28)22-10-11-29-26(15-22)30-23-7-6-12-31-18-23/h8-11,14-15,19,23H,6-7,12-13,16-18H2,1-5H3,(H,29,30)/t19-,23-/m0/s1. The molecule has 1 aliphatic heterocycles. The number of aromatic nitrogens is 1. The van der Waals surface area contributed by atoms with Crippen molar-refractivity contribution in [2.24, 2.45) is 11.3 Å². The summed E-state index contributed by atoms with van der Waals surface area (Å²) >= 11 is 6.57. The van der Waals surface area contributed by atoms with Crippen LogP contribution in [0.5, 0.6) is 5.75 Å². The molecular formula is C27H38ClN2O2. The van der Waals surface area contributed by atoms with Crippen LogP contribution in [0.1, 0.15) is 60.3 Å². The Morgan fingerprint density at radius 1 is 1.25 bits per heavy atom. The molecule has 2 atom stereocenters. The molecular weight excluding hydrogens is 420 g/mol. The average Bonchev–Trinajstić information content (AvgIpc) is 2.72. The first-order valence-corrected chi connectivity index (χ1v) is 12.1. The zero-order valence-electron chi connectivity index (χ0n) is 20.2. The Kier molecular flexibility index (Phi) is 8.84. The van der Waals surface area contributed by atoms with E-state index in [2.05, 4.69) is 57.1 Å². The van der Waals surface area contributed by atoms with Crippen molar-refractivity contribution in [3.8, 4) is 16.9 Å². The second-order valence-corrected chi connectivity index (χ2v) is 10.9. The normalized spacial score (nSPS) is 17.9. The molecule has 1 radical (unpaired) electrons. The van der Waals surface area contributed by atoms with Crippen molar-refractivity contribution in [1.29, 1.82) is 0 Å². The molecule has 5 heteroatoms. The third-order valence-corrected chi connectivity index (χ3v) is 5.96. The zero-order valence-corrected chi connectivity index (χ0v) is 21.0. The molecule has 1 aliphatic rings. The summed E-state index contributed by atoms with van der Waals surface area (Å²) in [4.78, 5) is 4.47. The summed E-state index contributed by atoms with van der Waals surface area (Å²) in [6, 6.07) is 10.4. The lowest BCUT2D eigenvalue weighted by molar-refractivity contribution is 0.0875. The molecule has 32 heavy (non-hydrogen) atoms. The molecule has 3 rings (SSSR count). The number of rotatable bonds is 9. The molecule has 0 aliphatic carbocycles. The monoisotopic (exact) mass is 457 g/mol. The fraction of sp³-hybridized carbons (Fsp3) is 0.556. The van der Waals surface area contributed by atoms with Gasteiger partial charge in [0.1, 0.15) is 11.6 Å². The van der Waals surface area contributed by atoms with Gasteiger partial charge in [0, 0.05) is 18.7 Å². The van der Waals surface area contributed by atoms with Gasteiger partial charge in [0.15, 0.2) is 0 Å². The van der Waals surface area contributed by atoms with Gasteiger partial charge in [-0.15, -0.1) is 0 Å². The summed E-state index contributed by atoms with van der Waals surface area (Å²) in [6.45, 7) is 13.6. The second-order valence-electron chi connectivity index (χ2n) is 10.5. The van der Waals surface area contributed by atoms with Gasteiger partial charge in [-0.2, -0.15) is 0 Å². The van der Waals surface area contributed by atoms with Crippen LogP contribution in [0.25, 0.3) is 11.1 Å². The van der Waals surface area contributed by atoms with E-state index in [9.17, 15) is 0 Å². The second kappa shape index (κ2) is 11.4. The maximum atomic E-state index is 6.57. The van der Waals surface area contributed by atoms with Crippen LogP contribution in [0.2, 0.25) is 5.02 Å². The van der Waals surface area contributed by atoms with Gasteiger partial charge in [-0.1, -0.05) is 52.3 Å². The van der Waals surface area contributed by atoms with Crippen LogP contribution in [0.4, 0.5) is 5.82 Å². The van der Waals surface area contributed by atoms with E-state index in [1.165, 1.54) is 12.3 Å². The van der Waals surface area contributed by atoms with Crippen molar-refractivity contribution in [3.63, 3.8) is 0 Å². The van der Waals surface area contributed by atoms with Gasteiger partial charge < -0.3 is 14.8 Å². The smallest absolute Gasteiger partial charge is 0.137 e. The fourth-order valence-electron chi connectivity index (χ4n) is 4.52. The molecule has 1 N–H and O–H groups in total. The van der Waals surface area contributed by atoms with Crippen molar-refractivity contribution in [2.75, 3.05) is 25.1 Å². The van der Waals surface area contributed by atoms with E-state index in [0.29, 0.717) is 29.0 Å². The summed E-state index contributed by atoms with van der Waals surface area (Å²) in [5.41, 5.74) is 2.48. The Morgan fingerprint density at radius 2 is 2.03 bits per heavy atom. The molecule has 0 spiro atoms. The Balaban J connectivity index is 1.57. The first kappa shape index (κ1) is 24.9. The summed E-state index contributed by atoms with van der Waals surface area (Å²) in [5.74, 6) is 3.58. The molecule has 0 bridgehead atoms. The fourth-order valence-corrected chi connectivity index (χ4v) is 4.76. The van der Waals surface area contributed by atoms with Gasteiger partial charge >= 0.3 is 0 Å². The Hall–Kier alpha value is -1.78. The molecule has 4 nitrogen and oxygen atoms in total. The maximum absolute atomic E-state index is 6.57. The first-order chi connectivity index (χ1) is 15.2.